The first-order chi connectivity index (χ1) is 8.43. The number of nitrogens with one attached hydrogen (secondary N) is 1. The number of hydrogen-bond acceptors (Lipinski definition) is 3. The van der Waals surface area contributed by atoms with Gasteiger partial charge in [-0.15, -0.1) is 0 Å². The Hall–Kier alpha value is -0.960. The van der Waals surface area contributed by atoms with Crippen LogP contribution in [0.4, 0.5) is 0 Å². The monoisotopic (exact) mass is 249 g/mol. The summed E-state index contributed by atoms with van der Waals surface area (Å²) in [6.07, 6.45) is 2.99. The number of rotatable bonds is 5. The molecular formula is C15H27N3. The van der Waals surface area contributed by atoms with Crippen molar-refractivity contribution >= 4 is 0 Å². The summed E-state index contributed by atoms with van der Waals surface area (Å²) in [6, 6.07) is 0. The Balaban J connectivity index is 3.25. The Morgan fingerprint density at radius 3 is 1.83 bits per heavy atom. The zero-order chi connectivity index (χ0) is 13.8. The molecular weight excluding hydrogens is 222 g/mol. The van der Waals surface area contributed by atoms with Crippen molar-refractivity contribution in [2.24, 2.45) is 0 Å². The highest BCUT2D eigenvalue weighted by Gasteiger charge is 2.21. The summed E-state index contributed by atoms with van der Waals surface area (Å²) in [5.41, 5.74) is 3.82. The van der Waals surface area contributed by atoms with Gasteiger partial charge in [0.15, 0.2) is 0 Å². The smallest absolute Gasteiger partial charge is 0.134 e. The average Bonchev–Trinajstić information content (AvgIpc) is 2.33. The van der Waals surface area contributed by atoms with E-state index in [0.717, 1.165) is 31.6 Å². The summed E-state index contributed by atoms with van der Waals surface area (Å²) < 4.78 is 0. The van der Waals surface area contributed by atoms with Crippen LogP contribution in [0.25, 0.3) is 0 Å². The maximum atomic E-state index is 4.79. The predicted molar refractivity (Wildman–Crippen MR) is 77.1 cm³/mol. The normalized spacial score (nSPS) is 11.9. The van der Waals surface area contributed by atoms with Gasteiger partial charge in [-0.2, -0.15) is 0 Å². The van der Waals surface area contributed by atoms with Gasteiger partial charge in [0.2, 0.25) is 0 Å². The summed E-state index contributed by atoms with van der Waals surface area (Å²) in [7, 11) is 1.99. The molecule has 0 spiro atoms. The molecule has 18 heavy (non-hydrogen) atoms. The van der Waals surface area contributed by atoms with Gasteiger partial charge in [0.25, 0.3) is 0 Å². The maximum absolute atomic E-state index is 4.79. The number of aryl methyl sites for hydroxylation is 2. The third-order valence-corrected chi connectivity index (χ3v) is 3.14. The minimum atomic E-state index is 0.0232. The van der Waals surface area contributed by atoms with Crippen LogP contribution in [0.2, 0.25) is 0 Å². The zero-order valence-corrected chi connectivity index (χ0v) is 12.7. The van der Waals surface area contributed by atoms with Gasteiger partial charge in [-0.3, -0.25) is 0 Å². The topological polar surface area (TPSA) is 37.8 Å². The quantitative estimate of drug-likeness (QED) is 0.872. The number of likely N-dealkylation sites (N-methyl/N-ethyl adjacent to an activating group) is 1. The average molecular weight is 249 g/mol. The first kappa shape index (κ1) is 15.1. The van der Waals surface area contributed by atoms with Gasteiger partial charge in [0.1, 0.15) is 5.82 Å². The lowest BCUT2D eigenvalue weighted by atomic mass is 9.94. The van der Waals surface area contributed by atoms with E-state index >= 15 is 0 Å². The van der Waals surface area contributed by atoms with Crippen molar-refractivity contribution in [2.75, 3.05) is 13.6 Å². The molecule has 0 saturated carbocycles. The van der Waals surface area contributed by atoms with E-state index in [-0.39, 0.29) is 5.41 Å². The van der Waals surface area contributed by atoms with Crippen LogP contribution in [0.1, 0.15) is 57.4 Å². The standard InChI is InChI=1S/C15H27N3/c1-7-12-11(9-10-16-6)13(8-2)18-14(17-12)15(3,4)5/h16H,7-10H2,1-6H3. The van der Waals surface area contributed by atoms with Crippen molar-refractivity contribution < 1.29 is 0 Å². The summed E-state index contributed by atoms with van der Waals surface area (Å²) >= 11 is 0. The van der Waals surface area contributed by atoms with E-state index < -0.39 is 0 Å². The molecule has 0 bridgehead atoms. The van der Waals surface area contributed by atoms with Crippen LogP contribution in [0, 0.1) is 0 Å². The Bertz CT molecular complexity index is 366. The van der Waals surface area contributed by atoms with Crippen LogP contribution in [-0.4, -0.2) is 23.6 Å². The molecule has 0 fully saturated rings. The number of hydrogen-bond donors (Lipinski definition) is 1. The van der Waals surface area contributed by atoms with Gasteiger partial charge in [-0.1, -0.05) is 34.6 Å². The first-order valence-corrected chi connectivity index (χ1v) is 6.97. The Labute approximate surface area is 111 Å². The molecule has 0 aliphatic carbocycles. The van der Waals surface area contributed by atoms with Crippen LogP contribution < -0.4 is 5.32 Å². The molecule has 0 saturated heterocycles. The number of nitrogens with zero attached hydrogens (tertiary/aromatic N) is 2. The van der Waals surface area contributed by atoms with E-state index in [9.17, 15) is 0 Å². The third-order valence-electron chi connectivity index (χ3n) is 3.14. The van der Waals surface area contributed by atoms with Gasteiger partial charge in [-0.05, 0) is 38.4 Å². The minimum absolute atomic E-state index is 0.0232. The number of aromatic nitrogens is 2. The van der Waals surface area contributed by atoms with Crippen molar-refractivity contribution in [3.05, 3.63) is 22.8 Å². The van der Waals surface area contributed by atoms with Gasteiger partial charge in [0.05, 0.1) is 0 Å². The molecule has 0 atom stereocenters. The molecule has 1 heterocycles. The molecule has 1 N–H and O–H groups in total. The SMILES string of the molecule is CCc1nc(C(C)(C)C)nc(CC)c1CCNC. The Kier molecular flexibility index (Phi) is 5.27. The molecule has 3 nitrogen and oxygen atoms in total. The molecule has 0 aromatic carbocycles. The lowest BCUT2D eigenvalue weighted by Crippen LogP contribution is -2.21. The second-order valence-corrected chi connectivity index (χ2v) is 5.73. The van der Waals surface area contributed by atoms with Crippen LogP contribution in [0.5, 0.6) is 0 Å². The maximum Gasteiger partial charge on any atom is 0.134 e. The van der Waals surface area contributed by atoms with E-state index in [1.807, 2.05) is 7.05 Å². The molecule has 102 valence electrons. The van der Waals surface area contributed by atoms with E-state index in [1.165, 1.54) is 17.0 Å². The Morgan fingerprint density at radius 2 is 1.50 bits per heavy atom. The fourth-order valence-corrected chi connectivity index (χ4v) is 2.04. The molecule has 1 rings (SSSR count). The molecule has 3 heteroatoms. The summed E-state index contributed by atoms with van der Waals surface area (Å²) in [4.78, 5) is 9.57. The summed E-state index contributed by atoms with van der Waals surface area (Å²) in [5, 5.41) is 3.21. The Morgan fingerprint density at radius 1 is 1.00 bits per heavy atom. The molecule has 0 amide bonds. The van der Waals surface area contributed by atoms with Gasteiger partial charge in [0, 0.05) is 16.8 Å². The fourth-order valence-electron chi connectivity index (χ4n) is 2.04. The molecule has 0 aliphatic heterocycles. The second-order valence-electron chi connectivity index (χ2n) is 5.73. The summed E-state index contributed by atoms with van der Waals surface area (Å²) in [6.45, 7) is 11.9. The molecule has 1 aromatic rings. The molecule has 0 radical (unpaired) electrons. The van der Waals surface area contributed by atoms with Crippen LogP contribution >= 0.6 is 0 Å². The van der Waals surface area contributed by atoms with E-state index in [0.29, 0.717) is 0 Å². The third kappa shape index (κ3) is 3.52. The van der Waals surface area contributed by atoms with Crippen molar-refractivity contribution in [3.63, 3.8) is 0 Å². The van der Waals surface area contributed by atoms with E-state index in [1.54, 1.807) is 0 Å². The van der Waals surface area contributed by atoms with Gasteiger partial charge >= 0.3 is 0 Å². The first-order valence-electron chi connectivity index (χ1n) is 6.97. The summed E-state index contributed by atoms with van der Waals surface area (Å²) in [5.74, 6) is 0.976. The van der Waals surface area contributed by atoms with Crippen LogP contribution in [0.3, 0.4) is 0 Å². The largest absolute Gasteiger partial charge is 0.319 e. The van der Waals surface area contributed by atoms with Crippen molar-refractivity contribution in [2.45, 2.75) is 59.3 Å². The zero-order valence-electron chi connectivity index (χ0n) is 12.7. The predicted octanol–water partition coefficient (Wildman–Crippen LogP) is 2.66. The molecule has 0 aliphatic rings. The van der Waals surface area contributed by atoms with Crippen LogP contribution in [-0.2, 0) is 24.7 Å². The highest BCUT2D eigenvalue weighted by atomic mass is 14.9. The van der Waals surface area contributed by atoms with Crippen molar-refractivity contribution in [1.29, 1.82) is 0 Å². The minimum Gasteiger partial charge on any atom is -0.319 e. The highest BCUT2D eigenvalue weighted by Crippen LogP contribution is 2.22. The fraction of sp³-hybridized carbons (Fsp3) is 0.733. The van der Waals surface area contributed by atoms with Crippen molar-refractivity contribution in [3.8, 4) is 0 Å². The van der Waals surface area contributed by atoms with Gasteiger partial charge in [-0.25, -0.2) is 9.97 Å². The second kappa shape index (κ2) is 6.28. The lowest BCUT2D eigenvalue weighted by Gasteiger charge is -2.21. The highest BCUT2D eigenvalue weighted by molar-refractivity contribution is 5.28. The lowest BCUT2D eigenvalue weighted by molar-refractivity contribution is 0.535. The molecule has 0 unspecified atom stereocenters. The molecule has 1 aromatic heterocycles. The van der Waals surface area contributed by atoms with Crippen LogP contribution in [0.15, 0.2) is 0 Å². The van der Waals surface area contributed by atoms with Gasteiger partial charge < -0.3 is 5.32 Å². The van der Waals surface area contributed by atoms with Crippen molar-refractivity contribution in [1.82, 2.24) is 15.3 Å². The van der Waals surface area contributed by atoms with E-state index in [2.05, 4.69) is 39.9 Å². The van der Waals surface area contributed by atoms with E-state index in [4.69, 9.17) is 9.97 Å².